The number of hydrogen-bond donors (Lipinski definition) is 2. The highest BCUT2D eigenvalue weighted by Gasteiger charge is 2.68. The molecule has 4 fully saturated rings. The Morgan fingerprint density at radius 1 is 0.884 bits per heavy atom. The summed E-state index contributed by atoms with van der Waals surface area (Å²) in [5.41, 5.74) is 4.70. The number of rotatable bonds is 3. The molecule has 6 rings (SSSR count). The first-order valence-corrected chi connectivity index (χ1v) is 17.8. The first-order chi connectivity index (χ1) is 20.5. The van der Waals surface area contributed by atoms with Crippen molar-refractivity contribution in [3.63, 3.8) is 0 Å². The molecular formula is C40H65NO2. The number of fused-ring (bicyclic) bond motifs is 7. The summed E-state index contributed by atoms with van der Waals surface area (Å²) in [4.78, 5) is 11.4. The van der Waals surface area contributed by atoms with E-state index in [2.05, 4.69) is 52.7 Å². The second-order valence-corrected chi connectivity index (χ2v) is 14.6. The van der Waals surface area contributed by atoms with Crippen LogP contribution in [0.5, 0.6) is 0 Å². The van der Waals surface area contributed by atoms with E-state index in [-0.39, 0.29) is 0 Å². The van der Waals surface area contributed by atoms with Crippen LogP contribution in [0, 0.1) is 45.8 Å². The Morgan fingerprint density at radius 3 is 2.09 bits per heavy atom. The van der Waals surface area contributed by atoms with Crippen molar-refractivity contribution in [3.05, 3.63) is 54.1 Å². The number of carboxylic acids is 1. The van der Waals surface area contributed by atoms with Gasteiger partial charge in [0.2, 0.25) is 0 Å². The fourth-order valence-corrected chi connectivity index (χ4v) is 11.4. The van der Waals surface area contributed by atoms with E-state index in [4.69, 9.17) is 0 Å². The predicted octanol–water partition coefficient (Wildman–Crippen LogP) is 11.1. The maximum atomic E-state index is 11.4. The Balaban J connectivity index is 0.000000670. The van der Waals surface area contributed by atoms with Gasteiger partial charge in [0.05, 0.1) is 5.56 Å². The molecule has 242 valence electrons. The topological polar surface area (TPSA) is 49.3 Å². The Labute approximate surface area is 265 Å². The normalized spacial score (nSPS) is 40.5. The van der Waals surface area contributed by atoms with Gasteiger partial charge in [-0.05, 0) is 141 Å². The van der Waals surface area contributed by atoms with E-state index in [9.17, 15) is 9.90 Å². The largest absolute Gasteiger partial charge is 0.478 e. The van der Waals surface area contributed by atoms with Crippen LogP contribution in [0.25, 0.3) is 5.57 Å². The third-order valence-electron chi connectivity index (χ3n) is 13.5. The Bertz CT molecular complexity index is 1120. The summed E-state index contributed by atoms with van der Waals surface area (Å²) in [6, 6.07) is 7.61. The Morgan fingerprint density at radius 2 is 1.51 bits per heavy atom. The second kappa shape index (κ2) is 14.1. The maximum Gasteiger partial charge on any atom is 0.335 e. The number of nitrogens with one attached hydrogen (secondary N) is 1. The smallest absolute Gasteiger partial charge is 0.335 e. The van der Waals surface area contributed by atoms with Crippen molar-refractivity contribution in [1.29, 1.82) is 0 Å². The Kier molecular flexibility index (Phi) is 11.6. The molecule has 43 heavy (non-hydrogen) atoms. The van der Waals surface area contributed by atoms with Gasteiger partial charge >= 0.3 is 5.97 Å². The molecule has 1 aromatic rings. The molecule has 0 saturated heterocycles. The van der Waals surface area contributed by atoms with Crippen LogP contribution in [0.3, 0.4) is 0 Å². The molecule has 0 spiro atoms. The van der Waals surface area contributed by atoms with Gasteiger partial charge < -0.3 is 10.4 Å². The minimum absolute atomic E-state index is 0.359. The molecule has 4 saturated carbocycles. The molecule has 5 aliphatic rings. The highest BCUT2D eigenvalue weighted by molar-refractivity contribution is 5.88. The van der Waals surface area contributed by atoms with Gasteiger partial charge in [0, 0.05) is 5.54 Å². The van der Waals surface area contributed by atoms with Crippen LogP contribution in [0.4, 0.5) is 0 Å². The average molecular weight is 592 g/mol. The molecule has 3 heteroatoms. The van der Waals surface area contributed by atoms with E-state index in [1.54, 1.807) is 18.2 Å². The molecule has 0 radical (unpaired) electrons. The van der Waals surface area contributed by atoms with Gasteiger partial charge in [0.15, 0.2) is 0 Å². The molecule has 0 heterocycles. The summed E-state index contributed by atoms with van der Waals surface area (Å²) in [5, 5.41) is 13.2. The zero-order valence-electron chi connectivity index (χ0n) is 29.5. The van der Waals surface area contributed by atoms with Gasteiger partial charge in [-0.25, -0.2) is 4.79 Å². The van der Waals surface area contributed by atoms with Gasteiger partial charge in [-0.15, -0.1) is 6.58 Å². The van der Waals surface area contributed by atoms with E-state index in [1.807, 2.05) is 46.8 Å². The van der Waals surface area contributed by atoms with Gasteiger partial charge in [0.1, 0.15) is 0 Å². The van der Waals surface area contributed by atoms with Crippen LogP contribution in [-0.4, -0.2) is 23.7 Å². The summed E-state index contributed by atoms with van der Waals surface area (Å²) in [5.74, 6) is 2.93. The van der Waals surface area contributed by atoms with E-state index >= 15 is 0 Å². The summed E-state index contributed by atoms with van der Waals surface area (Å²) < 4.78 is 0. The van der Waals surface area contributed by atoms with Crippen molar-refractivity contribution in [2.24, 2.45) is 45.8 Å². The minimum Gasteiger partial charge on any atom is -0.478 e. The predicted molar refractivity (Wildman–Crippen MR) is 185 cm³/mol. The lowest BCUT2D eigenvalue weighted by Gasteiger charge is -2.71. The molecule has 8 unspecified atom stereocenters. The molecule has 0 bridgehead atoms. The lowest BCUT2D eigenvalue weighted by atomic mass is 9.34. The van der Waals surface area contributed by atoms with Gasteiger partial charge in [-0.1, -0.05) is 86.1 Å². The van der Waals surface area contributed by atoms with E-state index in [1.165, 1.54) is 75.3 Å². The zero-order chi connectivity index (χ0) is 32.2. The zero-order valence-corrected chi connectivity index (χ0v) is 29.5. The van der Waals surface area contributed by atoms with Crippen LogP contribution in [0.2, 0.25) is 0 Å². The monoisotopic (exact) mass is 592 g/mol. The van der Waals surface area contributed by atoms with Crippen molar-refractivity contribution in [1.82, 2.24) is 5.32 Å². The van der Waals surface area contributed by atoms with Crippen molar-refractivity contribution < 1.29 is 9.90 Å². The molecular weight excluding hydrogens is 526 g/mol. The number of benzene rings is 1. The fraction of sp³-hybridized carbons (Fsp3) is 0.725. The summed E-state index contributed by atoms with van der Waals surface area (Å²) in [7, 11) is 2.24. The lowest BCUT2D eigenvalue weighted by molar-refractivity contribution is -0.211. The highest BCUT2D eigenvalue weighted by Crippen LogP contribution is 2.75. The van der Waals surface area contributed by atoms with E-state index in [0.29, 0.717) is 39.2 Å². The minimum atomic E-state index is -0.845. The molecule has 2 N–H and O–H groups in total. The standard InChI is InChI=1S/C33H47NO2.C3H6.2C2H6/c1-21-24(22-8-10-23(11-9-22)29(35)36)14-17-30(2)25(21)15-18-32(4)28(30)13-12-26-27-7-6-16-33(27,34-5)20-19-31(26,32)3;1-3-2;2*1-2/h8-11,14,21,25-28,34H,6-7,12-13,15-20H2,1-5H3,(H,35,36);3H,1H2,2H3;2*1-2H3/t21?,25?,26?,27?,28?,30?,31-,32?,33?;;;/m1.../s1. The lowest BCUT2D eigenvalue weighted by Crippen LogP contribution is -2.66. The molecule has 0 aromatic heterocycles. The van der Waals surface area contributed by atoms with Crippen LogP contribution in [0.1, 0.15) is 142 Å². The number of allylic oxidation sites excluding steroid dienone is 3. The van der Waals surface area contributed by atoms with E-state index in [0.717, 1.165) is 17.8 Å². The van der Waals surface area contributed by atoms with Gasteiger partial charge in [-0.3, -0.25) is 0 Å². The van der Waals surface area contributed by atoms with Crippen molar-refractivity contribution in [3.8, 4) is 0 Å². The molecule has 1 aromatic carbocycles. The van der Waals surface area contributed by atoms with Gasteiger partial charge in [-0.2, -0.15) is 0 Å². The molecule has 0 amide bonds. The molecule has 9 atom stereocenters. The molecule has 5 aliphatic carbocycles. The molecule has 3 nitrogen and oxygen atoms in total. The summed E-state index contributed by atoms with van der Waals surface area (Å²) >= 11 is 0. The first-order valence-electron chi connectivity index (χ1n) is 17.8. The third kappa shape index (κ3) is 5.70. The van der Waals surface area contributed by atoms with Crippen molar-refractivity contribution in [2.75, 3.05) is 7.05 Å². The summed E-state index contributed by atoms with van der Waals surface area (Å²) in [6.07, 6.45) is 18.0. The van der Waals surface area contributed by atoms with Crippen LogP contribution in [-0.2, 0) is 0 Å². The van der Waals surface area contributed by atoms with Crippen LogP contribution < -0.4 is 5.32 Å². The number of hydrogen-bond acceptors (Lipinski definition) is 2. The fourth-order valence-electron chi connectivity index (χ4n) is 11.4. The molecule has 0 aliphatic heterocycles. The second-order valence-electron chi connectivity index (χ2n) is 14.6. The van der Waals surface area contributed by atoms with Crippen LogP contribution in [0.15, 0.2) is 43.0 Å². The third-order valence-corrected chi connectivity index (χ3v) is 13.5. The Hall–Kier alpha value is -1.87. The number of aromatic carboxylic acids is 1. The SMILES string of the molecule is C=CC.CC.CC.CNC12CCCC1C1CCC3C4(C)CC=C(c5ccc(C(=O)O)cc5)C(C)C4CCC3(C)[C@]1(C)CC2. The highest BCUT2D eigenvalue weighted by atomic mass is 16.4. The quantitative estimate of drug-likeness (QED) is 0.344. The van der Waals surface area contributed by atoms with Gasteiger partial charge in [0.25, 0.3) is 0 Å². The average Bonchev–Trinajstić information content (AvgIpc) is 3.45. The number of carbonyl (C=O) groups is 1. The van der Waals surface area contributed by atoms with Crippen molar-refractivity contribution >= 4 is 11.5 Å². The number of carboxylic acid groups (broad SMARTS) is 1. The van der Waals surface area contributed by atoms with Crippen molar-refractivity contribution in [2.45, 2.75) is 132 Å². The van der Waals surface area contributed by atoms with Crippen LogP contribution >= 0.6 is 0 Å². The summed E-state index contributed by atoms with van der Waals surface area (Å²) in [6.45, 7) is 23.8. The first kappa shape index (κ1) is 35.6. The van der Waals surface area contributed by atoms with E-state index < -0.39 is 5.97 Å². The maximum absolute atomic E-state index is 11.4.